The number of fused-ring (bicyclic) bond motifs is 2. The zero-order valence-electron chi connectivity index (χ0n) is 12.4. The van der Waals surface area contributed by atoms with Crippen LogP contribution in [0.1, 0.15) is 56.2 Å². The third kappa shape index (κ3) is 1.89. The molecule has 22 heavy (non-hydrogen) atoms. The summed E-state index contributed by atoms with van der Waals surface area (Å²) in [4.78, 5) is 37.6. The summed E-state index contributed by atoms with van der Waals surface area (Å²) in [5, 5.41) is 0. The van der Waals surface area contributed by atoms with Crippen LogP contribution in [0.2, 0.25) is 0 Å². The van der Waals surface area contributed by atoms with Gasteiger partial charge in [-0.3, -0.25) is 9.59 Å². The van der Waals surface area contributed by atoms with Gasteiger partial charge < -0.3 is 9.30 Å². The molecule has 1 aromatic heterocycles. The van der Waals surface area contributed by atoms with Gasteiger partial charge in [0.2, 0.25) is 0 Å². The molecule has 5 heteroatoms. The Kier molecular flexibility index (Phi) is 3.41. The maximum Gasteiger partial charge on any atom is 0.355 e. The minimum atomic E-state index is -0.578. The Hall–Kier alpha value is -2.69. The minimum absolute atomic E-state index is 0.156. The van der Waals surface area contributed by atoms with E-state index in [9.17, 15) is 14.4 Å². The van der Waals surface area contributed by atoms with Crippen molar-refractivity contribution < 1.29 is 19.1 Å². The summed E-state index contributed by atoms with van der Waals surface area (Å²) in [6, 6.07) is 6.66. The van der Waals surface area contributed by atoms with Crippen LogP contribution in [0.25, 0.3) is 0 Å². The fraction of sp³-hybridized carbons (Fsp3) is 0.235. The first-order chi connectivity index (χ1) is 10.6. The van der Waals surface area contributed by atoms with Crippen LogP contribution in [0, 0.1) is 0 Å². The lowest BCUT2D eigenvalue weighted by Gasteiger charge is -2.15. The first-order valence-electron chi connectivity index (χ1n) is 7.18. The second-order valence-electron chi connectivity index (χ2n) is 4.98. The Morgan fingerprint density at radius 1 is 1.05 bits per heavy atom. The number of benzene rings is 1. The predicted molar refractivity (Wildman–Crippen MR) is 79.4 cm³/mol. The summed E-state index contributed by atoms with van der Waals surface area (Å²) < 4.78 is 6.64. The highest BCUT2D eigenvalue weighted by molar-refractivity contribution is 6.30. The standard InChI is InChI=1S/C17H15NO4/c1-3-18-9-12-13(14(18)17(21)22-4-2)16(20)11-8-6-5-7-10(11)15(12)19/h5-9H,3-4H2,1-2H3. The van der Waals surface area contributed by atoms with E-state index in [1.165, 1.54) is 0 Å². The lowest BCUT2D eigenvalue weighted by Crippen LogP contribution is -2.22. The van der Waals surface area contributed by atoms with Crippen molar-refractivity contribution in [1.82, 2.24) is 4.57 Å². The first-order valence-corrected chi connectivity index (χ1v) is 7.18. The second kappa shape index (κ2) is 5.26. The monoisotopic (exact) mass is 297 g/mol. The number of nitrogens with zero attached hydrogens (tertiary/aromatic N) is 1. The molecule has 1 aromatic carbocycles. The molecule has 0 saturated heterocycles. The number of esters is 1. The van der Waals surface area contributed by atoms with Crippen molar-refractivity contribution in [3.8, 4) is 0 Å². The second-order valence-corrected chi connectivity index (χ2v) is 4.98. The molecule has 0 amide bonds. The van der Waals surface area contributed by atoms with Crippen molar-refractivity contribution in [2.45, 2.75) is 20.4 Å². The van der Waals surface area contributed by atoms with Crippen LogP contribution in [-0.2, 0) is 11.3 Å². The maximum atomic E-state index is 12.7. The minimum Gasteiger partial charge on any atom is -0.461 e. The van der Waals surface area contributed by atoms with Crippen LogP contribution in [0.3, 0.4) is 0 Å². The van der Waals surface area contributed by atoms with E-state index in [1.807, 2.05) is 6.92 Å². The van der Waals surface area contributed by atoms with Gasteiger partial charge in [-0.25, -0.2) is 4.79 Å². The molecule has 0 spiro atoms. The molecular formula is C17H15NO4. The van der Waals surface area contributed by atoms with Crippen LogP contribution in [0.15, 0.2) is 30.5 Å². The van der Waals surface area contributed by atoms with Crippen molar-refractivity contribution in [3.05, 3.63) is 58.4 Å². The van der Waals surface area contributed by atoms with Gasteiger partial charge in [-0.2, -0.15) is 0 Å². The van der Waals surface area contributed by atoms with E-state index in [0.717, 1.165) is 0 Å². The van der Waals surface area contributed by atoms with E-state index in [-0.39, 0.29) is 35.0 Å². The van der Waals surface area contributed by atoms with Gasteiger partial charge in [-0.05, 0) is 13.8 Å². The van der Waals surface area contributed by atoms with E-state index in [0.29, 0.717) is 17.7 Å². The quantitative estimate of drug-likeness (QED) is 0.697. The zero-order valence-corrected chi connectivity index (χ0v) is 12.4. The van der Waals surface area contributed by atoms with Gasteiger partial charge in [0, 0.05) is 23.9 Å². The predicted octanol–water partition coefficient (Wildman–Crippen LogP) is 2.46. The van der Waals surface area contributed by atoms with E-state index in [1.54, 1.807) is 42.0 Å². The average molecular weight is 297 g/mol. The molecule has 0 bridgehead atoms. The molecular weight excluding hydrogens is 282 g/mol. The summed E-state index contributed by atoms with van der Waals surface area (Å²) in [6.07, 6.45) is 1.57. The van der Waals surface area contributed by atoms with E-state index in [4.69, 9.17) is 4.74 Å². The lowest BCUT2D eigenvalue weighted by atomic mass is 9.85. The molecule has 1 heterocycles. The fourth-order valence-electron chi connectivity index (χ4n) is 2.79. The van der Waals surface area contributed by atoms with Crippen LogP contribution in [0.4, 0.5) is 0 Å². The summed E-state index contributed by atoms with van der Waals surface area (Å²) in [5.41, 5.74) is 1.30. The lowest BCUT2D eigenvalue weighted by molar-refractivity contribution is 0.0511. The highest BCUT2D eigenvalue weighted by Gasteiger charge is 2.36. The molecule has 0 N–H and O–H groups in total. The van der Waals surface area contributed by atoms with Gasteiger partial charge in [0.1, 0.15) is 5.69 Å². The van der Waals surface area contributed by atoms with Crippen LogP contribution in [-0.4, -0.2) is 28.7 Å². The Bertz CT molecular complexity index is 801. The molecule has 0 radical (unpaired) electrons. The topological polar surface area (TPSA) is 65.4 Å². The van der Waals surface area contributed by atoms with Crippen molar-refractivity contribution in [2.24, 2.45) is 0 Å². The number of carbonyl (C=O) groups excluding carboxylic acids is 3. The van der Waals surface area contributed by atoms with Gasteiger partial charge >= 0.3 is 5.97 Å². The van der Waals surface area contributed by atoms with Crippen molar-refractivity contribution in [3.63, 3.8) is 0 Å². The molecule has 2 aromatic rings. The smallest absolute Gasteiger partial charge is 0.355 e. The number of aryl methyl sites for hydroxylation is 1. The molecule has 112 valence electrons. The van der Waals surface area contributed by atoms with Crippen LogP contribution >= 0.6 is 0 Å². The average Bonchev–Trinajstić information content (AvgIpc) is 2.93. The molecule has 3 rings (SSSR count). The van der Waals surface area contributed by atoms with Crippen molar-refractivity contribution >= 4 is 17.5 Å². The highest BCUT2D eigenvalue weighted by atomic mass is 16.5. The number of hydrogen-bond acceptors (Lipinski definition) is 4. The van der Waals surface area contributed by atoms with E-state index < -0.39 is 5.97 Å². The Balaban J connectivity index is 2.26. The van der Waals surface area contributed by atoms with Crippen molar-refractivity contribution in [1.29, 1.82) is 0 Å². The normalized spacial score (nSPS) is 12.8. The number of ketones is 2. The molecule has 0 atom stereocenters. The Morgan fingerprint density at radius 3 is 2.27 bits per heavy atom. The molecule has 1 aliphatic rings. The Labute approximate surface area is 127 Å². The van der Waals surface area contributed by atoms with Gasteiger partial charge in [-0.15, -0.1) is 0 Å². The summed E-state index contributed by atoms with van der Waals surface area (Å²) in [6.45, 7) is 4.22. The summed E-state index contributed by atoms with van der Waals surface area (Å²) in [7, 11) is 0. The zero-order chi connectivity index (χ0) is 15.9. The fourth-order valence-corrected chi connectivity index (χ4v) is 2.79. The van der Waals surface area contributed by atoms with Gasteiger partial charge in [0.25, 0.3) is 0 Å². The number of carbonyl (C=O) groups is 3. The molecule has 0 aliphatic heterocycles. The molecule has 1 aliphatic carbocycles. The third-order valence-corrected chi connectivity index (χ3v) is 3.78. The summed E-state index contributed by atoms with van der Waals surface area (Å²) >= 11 is 0. The van der Waals surface area contributed by atoms with Gasteiger partial charge in [0.15, 0.2) is 11.6 Å². The third-order valence-electron chi connectivity index (χ3n) is 3.78. The van der Waals surface area contributed by atoms with Gasteiger partial charge in [0.05, 0.1) is 17.7 Å². The van der Waals surface area contributed by atoms with Crippen LogP contribution < -0.4 is 0 Å². The highest BCUT2D eigenvalue weighted by Crippen LogP contribution is 2.31. The molecule has 0 saturated carbocycles. The van der Waals surface area contributed by atoms with E-state index >= 15 is 0 Å². The van der Waals surface area contributed by atoms with E-state index in [2.05, 4.69) is 0 Å². The number of rotatable bonds is 3. The molecule has 0 unspecified atom stereocenters. The largest absolute Gasteiger partial charge is 0.461 e. The molecule has 5 nitrogen and oxygen atoms in total. The molecule has 0 fully saturated rings. The maximum absolute atomic E-state index is 12.7. The Morgan fingerprint density at radius 2 is 1.68 bits per heavy atom. The van der Waals surface area contributed by atoms with Crippen molar-refractivity contribution in [2.75, 3.05) is 6.61 Å². The first kappa shape index (κ1) is 14.3. The number of aromatic nitrogens is 1. The van der Waals surface area contributed by atoms with Gasteiger partial charge in [-0.1, -0.05) is 24.3 Å². The number of hydrogen-bond donors (Lipinski definition) is 0. The number of ether oxygens (including phenoxy) is 1. The van der Waals surface area contributed by atoms with Crippen LogP contribution in [0.5, 0.6) is 0 Å². The summed E-state index contributed by atoms with van der Waals surface area (Å²) in [5.74, 6) is -1.12. The SMILES string of the molecule is CCOC(=O)c1c2c(cn1CC)C(=O)c1ccccc1C2=O.